The van der Waals surface area contributed by atoms with Gasteiger partial charge in [-0.05, 0) is 74.4 Å². The van der Waals surface area contributed by atoms with Crippen LogP contribution in [0.5, 0.6) is 0 Å². The van der Waals surface area contributed by atoms with Crippen molar-refractivity contribution in [3.8, 4) is 5.69 Å². The second-order valence-electron chi connectivity index (χ2n) is 7.38. The fourth-order valence-corrected chi connectivity index (χ4v) is 3.88. The number of carbonyl (C=O) groups is 3. The monoisotopic (exact) mass is 433 g/mol. The molecule has 0 radical (unpaired) electrons. The first-order valence-corrected chi connectivity index (χ1v) is 10.1. The van der Waals surface area contributed by atoms with E-state index in [1.54, 1.807) is 24.3 Å². The van der Waals surface area contributed by atoms with Crippen LogP contribution in [-0.4, -0.2) is 22.4 Å². The molecule has 1 aliphatic rings. The Morgan fingerprint density at radius 1 is 0.935 bits per heavy atom. The summed E-state index contributed by atoms with van der Waals surface area (Å²) in [6.07, 6.45) is 1.53. The Balaban J connectivity index is 1.77. The van der Waals surface area contributed by atoms with Crippen LogP contribution in [-0.2, 0) is 9.59 Å². The van der Waals surface area contributed by atoms with Crippen molar-refractivity contribution in [1.29, 1.82) is 0 Å². The zero-order valence-electron chi connectivity index (χ0n) is 17.3. The summed E-state index contributed by atoms with van der Waals surface area (Å²) in [6, 6.07) is 15.4. The molecule has 1 fully saturated rings. The number of para-hydroxylation sites is 1. The van der Waals surface area contributed by atoms with Crippen LogP contribution in [0, 0.1) is 20.8 Å². The van der Waals surface area contributed by atoms with Gasteiger partial charge in [-0.25, -0.2) is 9.69 Å². The number of nitrogens with zero attached hydrogens (tertiary/aromatic N) is 2. The average molecular weight is 434 g/mol. The van der Waals surface area contributed by atoms with Gasteiger partial charge in [-0.1, -0.05) is 29.8 Å². The molecular weight excluding hydrogens is 414 g/mol. The summed E-state index contributed by atoms with van der Waals surface area (Å²) in [5.41, 5.74) is 4.93. The van der Waals surface area contributed by atoms with E-state index in [0.29, 0.717) is 10.7 Å². The molecule has 31 heavy (non-hydrogen) atoms. The van der Waals surface area contributed by atoms with Crippen molar-refractivity contribution in [2.75, 3.05) is 4.90 Å². The van der Waals surface area contributed by atoms with Crippen LogP contribution < -0.4 is 10.2 Å². The molecule has 2 aromatic carbocycles. The molecule has 1 aromatic heterocycles. The fraction of sp³-hybridized carbons (Fsp3) is 0.125. The normalized spacial score (nSPS) is 15.5. The maximum absolute atomic E-state index is 13.1. The van der Waals surface area contributed by atoms with Gasteiger partial charge < -0.3 is 4.57 Å². The summed E-state index contributed by atoms with van der Waals surface area (Å²) in [7, 11) is 0. The number of carbonyl (C=O) groups excluding carboxylic acids is 3. The SMILES string of the molecule is Cc1ccccc1-n1c(C)cc(/C=C2\C(=O)NC(=O)N(c3ccc(Cl)cc3)C2=O)c1C. The number of nitrogens with one attached hydrogen (secondary N) is 1. The van der Waals surface area contributed by atoms with Gasteiger partial charge in [-0.3, -0.25) is 14.9 Å². The molecule has 3 aromatic rings. The van der Waals surface area contributed by atoms with E-state index in [1.165, 1.54) is 6.08 Å². The molecule has 1 N–H and O–H groups in total. The van der Waals surface area contributed by atoms with Crippen LogP contribution >= 0.6 is 11.6 Å². The number of barbiturate groups is 1. The number of aryl methyl sites for hydroxylation is 2. The van der Waals surface area contributed by atoms with Crippen molar-refractivity contribution in [1.82, 2.24) is 9.88 Å². The summed E-state index contributed by atoms with van der Waals surface area (Å²) < 4.78 is 2.08. The molecule has 6 nitrogen and oxygen atoms in total. The van der Waals surface area contributed by atoms with E-state index in [0.717, 1.165) is 33.1 Å². The van der Waals surface area contributed by atoms with Crippen LogP contribution in [0.1, 0.15) is 22.5 Å². The van der Waals surface area contributed by atoms with E-state index >= 15 is 0 Å². The quantitative estimate of drug-likeness (QED) is 0.479. The summed E-state index contributed by atoms with van der Waals surface area (Å²) in [6.45, 7) is 5.92. The summed E-state index contributed by atoms with van der Waals surface area (Å²) in [4.78, 5) is 38.9. The molecule has 0 spiro atoms. The number of halogens is 1. The lowest BCUT2D eigenvalue weighted by Crippen LogP contribution is -2.54. The smallest absolute Gasteiger partial charge is 0.318 e. The summed E-state index contributed by atoms with van der Waals surface area (Å²) in [5, 5.41) is 2.72. The van der Waals surface area contributed by atoms with Gasteiger partial charge in [0, 0.05) is 22.1 Å². The van der Waals surface area contributed by atoms with Crippen LogP contribution in [0.4, 0.5) is 10.5 Å². The molecule has 0 bridgehead atoms. The number of aromatic nitrogens is 1. The second-order valence-corrected chi connectivity index (χ2v) is 7.82. The minimum Gasteiger partial charge on any atom is -0.318 e. The predicted molar refractivity (Wildman–Crippen MR) is 120 cm³/mol. The molecule has 4 rings (SSSR count). The number of benzene rings is 2. The maximum atomic E-state index is 13.1. The molecule has 1 saturated heterocycles. The molecule has 4 amide bonds. The van der Waals surface area contributed by atoms with Crippen molar-refractivity contribution in [2.24, 2.45) is 0 Å². The maximum Gasteiger partial charge on any atom is 0.335 e. The minimum absolute atomic E-state index is 0.111. The lowest BCUT2D eigenvalue weighted by atomic mass is 10.1. The van der Waals surface area contributed by atoms with Gasteiger partial charge in [0.25, 0.3) is 11.8 Å². The van der Waals surface area contributed by atoms with Gasteiger partial charge in [-0.2, -0.15) is 0 Å². The second kappa shape index (κ2) is 7.89. The Kier molecular flexibility index (Phi) is 5.25. The van der Waals surface area contributed by atoms with E-state index in [4.69, 9.17) is 11.6 Å². The van der Waals surface area contributed by atoms with E-state index in [2.05, 4.69) is 9.88 Å². The Labute approximate surface area is 184 Å². The van der Waals surface area contributed by atoms with Crippen LogP contribution in [0.2, 0.25) is 5.02 Å². The number of urea groups is 1. The number of rotatable bonds is 3. The van der Waals surface area contributed by atoms with Crippen LogP contribution in [0.15, 0.2) is 60.2 Å². The van der Waals surface area contributed by atoms with Crippen LogP contribution in [0.25, 0.3) is 11.8 Å². The number of imide groups is 2. The fourth-order valence-electron chi connectivity index (χ4n) is 3.76. The number of hydrogen-bond donors (Lipinski definition) is 1. The minimum atomic E-state index is -0.792. The lowest BCUT2D eigenvalue weighted by molar-refractivity contribution is -0.122. The third kappa shape index (κ3) is 3.66. The number of amides is 4. The molecule has 0 aliphatic carbocycles. The largest absolute Gasteiger partial charge is 0.335 e. The first-order valence-electron chi connectivity index (χ1n) is 9.70. The standard InChI is InChI=1S/C24H20ClN3O3/c1-14-6-4-5-7-21(14)27-15(2)12-17(16(27)3)13-20-22(29)26-24(31)28(23(20)30)19-10-8-18(25)9-11-19/h4-13H,1-3H3,(H,26,29,31)/b20-13+. The van der Waals surface area contributed by atoms with Gasteiger partial charge >= 0.3 is 6.03 Å². The Morgan fingerprint density at radius 2 is 1.61 bits per heavy atom. The number of hydrogen-bond acceptors (Lipinski definition) is 3. The Bertz CT molecular complexity index is 1260. The van der Waals surface area contributed by atoms with Crippen LogP contribution in [0.3, 0.4) is 0 Å². The summed E-state index contributed by atoms with van der Waals surface area (Å²) >= 11 is 5.91. The molecule has 2 heterocycles. The zero-order chi connectivity index (χ0) is 22.3. The third-order valence-electron chi connectivity index (χ3n) is 5.31. The molecule has 1 aliphatic heterocycles. The average Bonchev–Trinajstić information content (AvgIpc) is 3.00. The molecule has 156 valence electrons. The Hall–Kier alpha value is -3.64. The highest BCUT2D eigenvalue weighted by atomic mass is 35.5. The molecule has 7 heteroatoms. The first kappa shape index (κ1) is 20.6. The highest BCUT2D eigenvalue weighted by Crippen LogP contribution is 2.27. The molecule has 0 unspecified atom stereocenters. The van der Waals surface area contributed by atoms with E-state index in [1.807, 2.05) is 51.1 Å². The topological polar surface area (TPSA) is 71.4 Å². The summed E-state index contributed by atoms with van der Waals surface area (Å²) in [5.74, 6) is -1.40. The van der Waals surface area contributed by atoms with E-state index in [-0.39, 0.29) is 5.57 Å². The molecule has 0 saturated carbocycles. The molecule has 0 atom stereocenters. The van der Waals surface area contributed by atoms with Gasteiger partial charge in [0.05, 0.1) is 5.69 Å². The predicted octanol–water partition coefficient (Wildman–Crippen LogP) is 4.72. The van der Waals surface area contributed by atoms with Gasteiger partial charge in [0.2, 0.25) is 0 Å². The van der Waals surface area contributed by atoms with Gasteiger partial charge in [-0.15, -0.1) is 0 Å². The van der Waals surface area contributed by atoms with Crippen molar-refractivity contribution in [3.63, 3.8) is 0 Å². The van der Waals surface area contributed by atoms with Gasteiger partial charge in [0.1, 0.15) is 5.57 Å². The van der Waals surface area contributed by atoms with E-state index in [9.17, 15) is 14.4 Å². The highest BCUT2D eigenvalue weighted by Gasteiger charge is 2.37. The van der Waals surface area contributed by atoms with Gasteiger partial charge in [0.15, 0.2) is 0 Å². The van der Waals surface area contributed by atoms with Crippen molar-refractivity contribution in [2.45, 2.75) is 20.8 Å². The first-order chi connectivity index (χ1) is 14.8. The van der Waals surface area contributed by atoms with E-state index < -0.39 is 17.8 Å². The van der Waals surface area contributed by atoms with Crippen molar-refractivity contribution >= 4 is 41.2 Å². The van der Waals surface area contributed by atoms with Crippen molar-refractivity contribution < 1.29 is 14.4 Å². The zero-order valence-corrected chi connectivity index (χ0v) is 18.0. The Morgan fingerprint density at radius 3 is 2.29 bits per heavy atom. The number of anilines is 1. The highest BCUT2D eigenvalue weighted by molar-refractivity contribution is 6.39. The lowest BCUT2D eigenvalue weighted by Gasteiger charge is -2.26. The third-order valence-corrected chi connectivity index (χ3v) is 5.56. The van der Waals surface area contributed by atoms with Crippen molar-refractivity contribution in [3.05, 3.63) is 87.7 Å². The molecular formula is C24H20ClN3O3.